The van der Waals surface area contributed by atoms with Gasteiger partial charge in [0, 0.05) is 13.1 Å². The van der Waals surface area contributed by atoms with Crippen LogP contribution in [0.15, 0.2) is 0 Å². The van der Waals surface area contributed by atoms with Gasteiger partial charge in [-0.05, 0) is 19.3 Å². The van der Waals surface area contributed by atoms with Crippen LogP contribution in [0, 0.1) is 0 Å². The Balaban J connectivity index is 0.00000196. The number of carbonyl (C=O) groups excluding carboxylic acids is 1. The van der Waals surface area contributed by atoms with Gasteiger partial charge in [0.15, 0.2) is 0 Å². The lowest BCUT2D eigenvalue weighted by molar-refractivity contribution is -0.134. The molecule has 4 heteroatoms. The SMILES string of the molecule is CCC(N)C(=O)N(C)C1CCCCC1.Cl. The normalized spacial score (nSPS) is 19.1. The number of nitrogens with two attached hydrogens (primary N) is 1. The average Bonchev–Trinajstić information content (AvgIpc) is 2.27. The molecule has 3 nitrogen and oxygen atoms in total. The van der Waals surface area contributed by atoms with Gasteiger partial charge in [-0.1, -0.05) is 26.2 Å². The first-order chi connectivity index (χ1) is 6.66. The lowest BCUT2D eigenvalue weighted by atomic mass is 9.94. The summed E-state index contributed by atoms with van der Waals surface area (Å²) in [6.45, 7) is 1.96. The molecule has 0 aromatic carbocycles. The molecule has 1 amide bonds. The molecule has 0 heterocycles. The molecule has 0 aliphatic heterocycles. The summed E-state index contributed by atoms with van der Waals surface area (Å²) in [5.41, 5.74) is 5.73. The summed E-state index contributed by atoms with van der Waals surface area (Å²) < 4.78 is 0. The highest BCUT2D eigenvalue weighted by atomic mass is 35.5. The first-order valence-electron chi connectivity index (χ1n) is 5.69. The zero-order chi connectivity index (χ0) is 10.6. The van der Waals surface area contributed by atoms with Gasteiger partial charge in [0.1, 0.15) is 0 Å². The molecule has 15 heavy (non-hydrogen) atoms. The van der Waals surface area contributed by atoms with E-state index in [0.29, 0.717) is 6.04 Å². The molecule has 0 aromatic heterocycles. The fourth-order valence-corrected chi connectivity index (χ4v) is 2.08. The number of hydrogen-bond donors (Lipinski definition) is 1. The largest absolute Gasteiger partial charge is 0.341 e. The van der Waals surface area contributed by atoms with E-state index in [1.54, 1.807) is 0 Å². The predicted octanol–water partition coefficient (Wildman–Crippen LogP) is 1.94. The smallest absolute Gasteiger partial charge is 0.239 e. The van der Waals surface area contributed by atoms with Crippen LogP contribution in [-0.4, -0.2) is 29.9 Å². The molecule has 1 atom stereocenters. The molecule has 0 spiro atoms. The van der Waals surface area contributed by atoms with E-state index in [9.17, 15) is 4.79 Å². The van der Waals surface area contributed by atoms with Crippen molar-refractivity contribution in [3.05, 3.63) is 0 Å². The Hall–Kier alpha value is -0.280. The number of hydrogen-bond acceptors (Lipinski definition) is 2. The van der Waals surface area contributed by atoms with Crippen molar-refractivity contribution in [1.82, 2.24) is 4.90 Å². The van der Waals surface area contributed by atoms with E-state index in [0.717, 1.165) is 19.3 Å². The number of carbonyl (C=O) groups is 1. The van der Waals surface area contributed by atoms with E-state index in [1.165, 1.54) is 19.3 Å². The molecular weight excluding hydrogens is 212 g/mol. The van der Waals surface area contributed by atoms with E-state index in [-0.39, 0.29) is 24.4 Å². The minimum atomic E-state index is -0.304. The van der Waals surface area contributed by atoms with Crippen LogP contribution >= 0.6 is 12.4 Å². The van der Waals surface area contributed by atoms with Crippen LogP contribution in [0.2, 0.25) is 0 Å². The summed E-state index contributed by atoms with van der Waals surface area (Å²) in [6.07, 6.45) is 6.86. The Kier molecular flexibility index (Phi) is 6.94. The van der Waals surface area contributed by atoms with Crippen molar-refractivity contribution in [2.45, 2.75) is 57.5 Å². The summed E-state index contributed by atoms with van der Waals surface area (Å²) in [6, 6.07) is 0.135. The van der Waals surface area contributed by atoms with Gasteiger partial charge in [0.2, 0.25) is 5.91 Å². The van der Waals surface area contributed by atoms with Crippen molar-refractivity contribution in [3.63, 3.8) is 0 Å². The maximum Gasteiger partial charge on any atom is 0.239 e. The molecule has 0 radical (unpaired) electrons. The maximum absolute atomic E-state index is 11.8. The third kappa shape index (κ3) is 3.99. The molecule has 0 saturated heterocycles. The van der Waals surface area contributed by atoms with Crippen LogP contribution < -0.4 is 5.73 Å². The quantitative estimate of drug-likeness (QED) is 0.811. The minimum absolute atomic E-state index is 0. The predicted molar refractivity (Wildman–Crippen MR) is 65.2 cm³/mol. The fourth-order valence-electron chi connectivity index (χ4n) is 2.08. The van der Waals surface area contributed by atoms with Gasteiger partial charge in [0.25, 0.3) is 0 Å². The second-order valence-corrected chi connectivity index (χ2v) is 4.26. The van der Waals surface area contributed by atoms with Crippen LogP contribution in [0.5, 0.6) is 0 Å². The second kappa shape index (κ2) is 7.07. The lowest BCUT2D eigenvalue weighted by Crippen LogP contribution is -2.46. The molecule has 2 N–H and O–H groups in total. The van der Waals surface area contributed by atoms with Crippen molar-refractivity contribution in [2.24, 2.45) is 5.73 Å². The van der Waals surface area contributed by atoms with Gasteiger partial charge in [-0.25, -0.2) is 0 Å². The summed E-state index contributed by atoms with van der Waals surface area (Å²) in [7, 11) is 1.90. The topological polar surface area (TPSA) is 46.3 Å². The summed E-state index contributed by atoms with van der Waals surface area (Å²) in [5, 5.41) is 0. The monoisotopic (exact) mass is 234 g/mol. The zero-order valence-electron chi connectivity index (χ0n) is 9.74. The van der Waals surface area contributed by atoms with E-state index >= 15 is 0 Å². The van der Waals surface area contributed by atoms with E-state index in [1.807, 2.05) is 18.9 Å². The molecule has 90 valence electrons. The van der Waals surface area contributed by atoms with Crippen LogP contribution in [0.25, 0.3) is 0 Å². The standard InChI is InChI=1S/C11H22N2O.ClH/c1-3-10(12)11(14)13(2)9-7-5-4-6-8-9;/h9-10H,3-8,12H2,1-2H3;1H. The van der Waals surface area contributed by atoms with Gasteiger partial charge in [-0.3, -0.25) is 4.79 Å². The van der Waals surface area contributed by atoms with Gasteiger partial charge in [-0.15, -0.1) is 12.4 Å². The Morgan fingerprint density at radius 1 is 1.40 bits per heavy atom. The van der Waals surface area contributed by atoms with E-state index in [4.69, 9.17) is 5.73 Å². The molecule has 1 aliphatic carbocycles. The second-order valence-electron chi connectivity index (χ2n) is 4.26. The summed E-state index contributed by atoms with van der Waals surface area (Å²) in [5.74, 6) is 0.111. The minimum Gasteiger partial charge on any atom is -0.341 e. The van der Waals surface area contributed by atoms with Gasteiger partial charge >= 0.3 is 0 Å². The molecule has 1 rings (SSSR count). The third-order valence-corrected chi connectivity index (χ3v) is 3.23. The van der Waals surface area contributed by atoms with Crippen LogP contribution in [0.4, 0.5) is 0 Å². The third-order valence-electron chi connectivity index (χ3n) is 3.23. The van der Waals surface area contributed by atoms with Gasteiger partial charge in [0.05, 0.1) is 6.04 Å². The molecule has 1 saturated carbocycles. The lowest BCUT2D eigenvalue weighted by Gasteiger charge is -2.32. The Morgan fingerprint density at radius 3 is 2.40 bits per heavy atom. The number of likely N-dealkylation sites (N-methyl/N-ethyl adjacent to an activating group) is 1. The molecule has 1 unspecified atom stereocenters. The van der Waals surface area contributed by atoms with Crippen molar-refractivity contribution in [2.75, 3.05) is 7.05 Å². The van der Waals surface area contributed by atoms with Gasteiger partial charge in [-0.2, -0.15) is 0 Å². The number of amides is 1. The molecule has 1 fully saturated rings. The van der Waals surface area contributed by atoms with Crippen LogP contribution in [0.3, 0.4) is 0 Å². The fraction of sp³-hybridized carbons (Fsp3) is 0.909. The van der Waals surface area contributed by atoms with E-state index in [2.05, 4.69) is 0 Å². The van der Waals surface area contributed by atoms with Crippen molar-refractivity contribution in [1.29, 1.82) is 0 Å². The number of rotatable bonds is 3. The Labute approximate surface area is 98.8 Å². The molecule has 0 aromatic rings. The van der Waals surface area contributed by atoms with Crippen molar-refractivity contribution < 1.29 is 4.79 Å². The van der Waals surface area contributed by atoms with Crippen molar-refractivity contribution >= 4 is 18.3 Å². The Morgan fingerprint density at radius 2 is 1.93 bits per heavy atom. The maximum atomic E-state index is 11.8. The average molecular weight is 235 g/mol. The van der Waals surface area contributed by atoms with Crippen LogP contribution in [0.1, 0.15) is 45.4 Å². The molecule has 0 bridgehead atoms. The molecule has 1 aliphatic rings. The zero-order valence-corrected chi connectivity index (χ0v) is 10.6. The highest BCUT2D eigenvalue weighted by Crippen LogP contribution is 2.21. The molecular formula is C11H23ClN2O. The number of nitrogens with zero attached hydrogens (tertiary/aromatic N) is 1. The van der Waals surface area contributed by atoms with Crippen LogP contribution in [-0.2, 0) is 4.79 Å². The van der Waals surface area contributed by atoms with Crippen molar-refractivity contribution in [3.8, 4) is 0 Å². The van der Waals surface area contributed by atoms with Gasteiger partial charge < -0.3 is 10.6 Å². The number of halogens is 1. The van der Waals surface area contributed by atoms with E-state index < -0.39 is 0 Å². The first kappa shape index (κ1) is 14.7. The first-order valence-corrected chi connectivity index (χ1v) is 5.69. The summed E-state index contributed by atoms with van der Waals surface area (Å²) in [4.78, 5) is 13.6. The highest BCUT2D eigenvalue weighted by Gasteiger charge is 2.24. The highest BCUT2D eigenvalue weighted by molar-refractivity contribution is 5.85. The summed E-state index contributed by atoms with van der Waals surface area (Å²) >= 11 is 0. The Bertz CT molecular complexity index is 193.